The Morgan fingerprint density at radius 3 is 2.20 bits per heavy atom. The van der Waals surface area contributed by atoms with E-state index >= 15 is 0 Å². The molecule has 0 aliphatic heterocycles. The van der Waals surface area contributed by atoms with Gasteiger partial charge in [-0.3, -0.25) is 0 Å². The smallest absolute Gasteiger partial charge is 0.330 e. The van der Waals surface area contributed by atoms with Crippen molar-refractivity contribution < 1.29 is 14.6 Å². The number of carbonyl (C=O) groups excluding carboxylic acids is 1. The number of phenols is 1. The van der Waals surface area contributed by atoms with Gasteiger partial charge in [-0.2, -0.15) is 0 Å². The molecule has 0 saturated heterocycles. The first kappa shape index (κ1) is 16.3. The Kier molecular flexibility index (Phi) is 6.85. The number of hydrogen-bond donors (Lipinski definition) is 1. The molecular formula is C17H24O3. The predicted molar refractivity (Wildman–Crippen MR) is 81.0 cm³/mol. The molecule has 1 rings (SSSR count). The van der Waals surface area contributed by atoms with E-state index in [4.69, 9.17) is 4.74 Å². The molecule has 1 aromatic rings. The topological polar surface area (TPSA) is 46.5 Å². The van der Waals surface area contributed by atoms with E-state index in [1.165, 1.54) is 6.08 Å². The number of rotatable bonds is 8. The summed E-state index contributed by atoms with van der Waals surface area (Å²) in [5.41, 5.74) is 3.08. The van der Waals surface area contributed by atoms with Crippen LogP contribution in [0.3, 0.4) is 0 Å². The van der Waals surface area contributed by atoms with Crippen LogP contribution in [0.15, 0.2) is 24.8 Å². The van der Waals surface area contributed by atoms with Crippen LogP contribution in [0.1, 0.15) is 43.4 Å². The Balaban J connectivity index is 2.83. The van der Waals surface area contributed by atoms with E-state index in [2.05, 4.69) is 20.4 Å². The highest BCUT2D eigenvalue weighted by Gasteiger charge is 2.09. The minimum atomic E-state index is -0.397. The van der Waals surface area contributed by atoms with Gasteiger partial charge in [0.1, 0.15) is 5.75 Å². The van der Waals surface area contributed by atoms with Gasteiger partial charge < -0.3 is 9.84 Å². The second-order valence-electron chi connectivity index (χ2n) is 4.88. The van der Waals surface area contributed by atoms with Crippen LogP contribution in [0.2, 0.25) is 0 Å². The number of aromatic hydroxyl groups is 1. The first-order valence-electron chi connectivity index (χ1n) is 7.25. The largest absolute Gasteiger partial charge is 0.507 e. The van der Waals surface area contributed by atoms with Gasteiger partial charge in [-0.05, 0) is 29.5 Å². The monoisotopic (exact) mass is 276 g/mol. The first-order valence-corrected chi connectivity index (χ1v) is 7.25. The highest BCUT2D eigenvalue weighted by atomic mass is 16.5. The van der Waals surface area contributed by atoms with E-state index in [1.807, 2.05) is 12.1 Å². The average molecular weight is 276 g/mol. The van der Waals surface area contributed by atoms with Gasteiger partial charge >= 0.3 is 5.97 Å². The van der Waals surface area contributed by atoms with E-state index in [-0.39, 0.29) is 0 Å². The lowest BCUT2D eigenvalue weighted by Gasteiger charge is -2.12. The number of hydrogen-bond acceptors (Lipinski definition) is 3. The van der Waals surface area contributed by atoms with Crippen molar-refractivity contribution in [2.24, 2.45) is 0 Å². The van der Waals surface area contributed by atoms with E-state index in [0.29, 0.717) is 18.8 Å². The summed E-state index contributed by atoms with van der Waals surface area (Å²) in [6.07, 6.45) is 5.54. The maximum absolute atomic E-state index is 11.0. The molecule has 0 amide bonds. The molecule has 3 nitrogen and oxygen atoms in total. The molecule has 0 aliphatic carbocycles. The van der Waals surface area contributed by atoms with Crippen LogP contribution in [0.4, 0.5) is 0 Å². The summed E-state index contributed by atoms with van der Waals surface area (Å²) >= 11 is 0. The summed E-state index contributed by atoms with van der Waals surface area (Å²) < 4.78 is 5.01. The Hall–Kier alpha value is -1.77. The molecule has 0 heterocycles. The van der Waals surface area contributed by atoms with Crippen LogP contribution in [-0.2, 0) is 28.8 Å². The molecular weight excluding hydrogens is 252 g/mol. The van der Waals surface area contributed by atoms with Crippen molar-refractivity contribution in [1.29, 1.82) is 0 Å². The molecule has 0 atom stereocenters. The zero-order valence-electron chi connectivity index (χ0n) is 12.4. The molecule has 20 heavy (non-hydrogen) atoms. The standard InChI is InChI=1S/C17H24O3/c1-4-7-14-11-13(9-10-20-16(18)6-3)12-15(8-5-2)17(14)19/h6,11-12,19H,3-5,7-10H2,1-2H3. The molecule has 0 unspecified atom stereocenters. The lowest BCUT2D eigenvalue weighted by Crippen LogP contribution is -2.05. The fourth-order valence-electron chi connectivity index (χ4n) is 2.22. The van der Waals surface area contributed by atoms with Gasteiger partial charge in [0.25, 0.3) is 0 Å². The van der Waals surface area contributed by atoms with Gasteiger partial charge in [-0.25, -0.2) is 4.79 Å². The van der Waals surface area contributed by atoms with Gasteiger partial charge in [-0.15, -0.1) is 0 Å². The van der Waals surface area contributed by atoms with Crippen molar-refractivity contribution in [3.63, 3.8) is 0 Å². The van der Waals surface area contributed by atoms with Crippen LogP contribution in [0.25, 0.3) is 0 Å². The summed E-state index contributed by atoms with van der Waals surface area (Å²) in [5, 5.41) is 10.2. The average Bonchev–Trinajstić information content (AvgIpc) is 2.44. The minimum absolute atomic E-state index is 0.340. The van der Waals surface area contributed by atoms with Gasteiger partial charge in [-0.1, -0.05) is 45.4 Å². The summed E-state index contributed by atoms with van der Waals surface area (Å²) in [7, 11) is 0. The number of ether oxygens (including phenoxy) is 1. The Labute approximate surface area is 121 Å². The Bertz CT molecular complexity index is 436. The van der Waals surface area contributed by atoms with Gasteiger partial charge in [0.15, 0.2) is 0 Å². The molecule has 0 radical (unpaired) electrons. The van der Waals surface area contributed by atoms with Crippen LogP contribution in [0.5, 0.6) is 5.75 Å². The number of aryl methyl sites for hydroxylation is 2. The predicted octanol–water partition coefficient (Wildman–Crippen LogP) is 3.57. The van der Waals surface area contributed by atoms with Crippen molar-refractivity contribution in [2.75, 3.05) is 6.61 Å². The van der Waals surface area contributed by atoms with E-state index in [1.54, 1.807) is 0 Å². The van der Waals surface area contributed by atoms with Gasteiger partial charge in [0.05, 0.1) is 6.61 Å². The maximum atomic E-state index is 11.0. The molecule has 0 saturated carbocycles. The lowest BCUT2D eigenvalue weighted by molar-refractivity contribution is -0.137. The zero-order chi connectivity index (χ0) is 15.0. The fraction of sp³-hybridized carbons (Fsp3) is 0.471. The van der Waals surface area contributed by atoms with Crippen LogP contribution >= 0.6 is 0 Å². The van der Waals surface area contributed by atoms with Gasteiger partial charge in [0, 0.05) is 12.5 Å². The summed E-state index contributed by atoms with van der Waals surface area (Å²) in [4.78, 5) is 11.0. The van der Waals surface area contributed by atoms with E-state index in [9.17, 15) is 9.90 Å². The molecule has 0 spiro atoms. The SMILES string of the molecule is C=CC(=O)OCCc1cc(CCC)c(O)c(CCC)c1. The second-order valence-corrected chi connectivity index (χ2v) is 4.88. The number of phenolic OH excluding ortho intramolecular Hbond substituents is 1. The van der Waals surface area contributed by atoms with Gasteiger partial charge in [0.2, 0.25) is 0 Å². The minimum Gasteiger partial charge on any atom is -0.507 e. The van der Waals surface area contributed by atoms with E-state index in [0.717, 1.165) is 42.4 Å². The summed E-state index contributed by atoms with van der Waals surface area (Å²) in [6.45, 7) is 7.90. The molecule has 1 N–H and O–H groups in total. The zero-order valence-corrected chi connectivity index (χ0v) is 12.4. The maximum Gasteiger partial charge on any atom is 0.330 e. The third-order valence-corrected chi connectivity index (χ3v) is 3.17. The fourth-order valence-corrected chi connectivity index (χ4v) is 2.22. The lowest BCUT2D eigenvalue weighted by atomic mass is 9.97. The highest BCUT2D eigenvalue weighted by molar-refractivity contribution is 5.81. The Morgan fingerprint density at radius 2 is 1.75 bits per heavy atom. The molecule has 110 valence electrons. The molecule has 0 bridgehead atoms. The van der Waals surface area contributed by atoms with Crippen LogP contribution < -0.4 is 0 Å². The molecule has 1 aromatic carbocycles. The van der Waals surface area contributed by atoms with Crippen molar-refractivity contribution in [3.05, 3.63) is 41.5 Å². The first-order chi connectivity index (χ1) is 9.62. The van der Waals surface area contributed by atoms with Crippen molar-refractivity contribution >= 4 is 5.97 Å². The molecule has 0 aliphatic rings. The highest BCUT2D eigenvalue weighted by Crippen LogP contribution is 2.27. The quantitative estimate of drug-likeness (QED) is 0.583. The third-order valence-electron chi connectivity index (χ3n) is 3.17. The summed E-state index contributed by atoms with van der Waals surface area (Å²) in [5.74, 6) is 0.0341. The van der Waals surface area contributed by atoms with E-state index < -0.39 is 5.97 Å². The van der Waals surface area contributed by atoms with Crippen LogP contribution in [-0.4, -0.2) is 17.7 Å². The number of benzene rings is 1. The molecule has 0 fully saturated rings. The van der Waals surface area contributed by atoms with Crippen molar-refractivity contribution in [3.8, 4) is 5.75 Å². The second kappa shape index (κ2) is 8.41. The Morgan fingerprint density at radius 1 is 1.20 bits per heavy atom. The number of esters is 1. The normalized spacial score (nSPS) is 10.3. The van der Waals surface area contributed by atoms with Crippen molar-refractivity contribution in [1.82, 2.24) is 0 Å². The third kappa shape index (κ3) is 4.72. The summed E-state index contributed by atoms with van der Waals surface area (Å²) in [6, 6.07) is 4.03. The number of carbonyl (C=O) groups is 1. The van der Waals surface area contributed by atoms with Crippen LogP contribution in [0, 0.1) is 0 Å². The molecule has 0 aromatic heterocycles. The van der Waals surface area contributed by atoms with Crippen molar-refractivity contribution in [2.45, 2.75) is 46.0 Å². The molecule has 3 heteroatoms.